The number of hydrogen-bond donors (Lipinski definition) is 3. The van der Waals surface area contributed by atoms with Gasteiger partial charge in [0.1, 0.15) is 11.7 Å². The monoisotopic (exact) mass is 547 g/mol. The maximum Gasteiger partial charge on any atom is 0.270 e. The van der Waals surface area contributed by atoms with Crippen LogP contribution in [0.25, 0.3) is 0 Å². The molecule has 1 heterocycles. The predicted molar refractivity (Wildman–Crippen MR) is 156 cm³/mol. The minimum absolute atomic E-state index is 0.0105. The van der Waals surface area contributed by atoms with Crippen LogP contribution in [0, 0.1) is 22.7 Å². The van der Waals surface area contributed by atoms with Crippen molar-refractivity contribution in [1.29, 1.82) is 0 Å². The van der Waals surface area contributed by atoms with Crippen LogP contribution in [0.3, 0.4) is 0 Å². The van der Waals surface area contributed by atoms with E-state index in [1.54, 1.807) is 19.3 Å². The highest BCUT2D eigenvalue weighted by Crippen LogP contribution is 2.58. The SMILES string of the molecule is Cn1nccc1C(=O)N[C@H](C(=O)Nc1ccc(C(C)(C)C(=O)NCC2(C)CCC2)cc1)C(C1CCC1)C1(C)CC1. The molecule has 2 atom stereocenters. The Labute approximate surface area is 238 Å². The summed E-state index contributed by atoms with van der Waals surface area (Å²) in [6.45, 7) is 9.05. The number of carbonyl (C=O) groups is 3. The van der Waals surface area contributed by atoms with Crippen LogP contribution in [0.1, 0.15) is 95.1 Å². The van der Waals surface area contributed by atoms with E-state index in [0.717, 1.165) is 44.1 Å². The van der Waals surface area contributed by atoms with Crippen molar-refractivity contribution in [3.8, 4) is 0 Å². The summed E-state index contributed by atoms with van der Waals surface area (Å²) in [4.78, 5) is 40.2. The van der Waals surface area contributed by atoms with Crippen LogP contribution in [-0.4, -0.2) is 40.1 Å². The van der Waals surface area contributed by atoms with Crippen molar-refractivity contribution in [2.75, 3.05) is 11.9 Å². The molecule has 1 unspecified atom stereocenters. The summed E-state index contributed by atoms with van der Waals surface area (Å²) >= 11 is 0. The predicted octanol–water partition coefficient (Wildman–Crippen LogP) is 4.96. The van der Waals surface area contributed by atoms with Gasteiger partial charge in [0.05, 0.1) is 5.41 Å². The first kappa shape index (κ1) is 28.4. The number of carbonyl (C=O) groups excluding carboxylic acids is 3. The zero-order valence-corrected chi connectivity index (χ0v) is 24.7. The Balaban J connectivity index is 1.30. The first-order valence-electron chi connectivity index (χ1n) is 14.9. The molecule has 5 rings (SSSR count). The molecular formula is C32H45N5O3. The smallest absolute Gasteiger partial charge is 0.270 e. The molecule has 3 saturated carbocycles. The molecule has 0 radical (unpaired) electrons. The number of aryl methyl sites for hydroxylation is 1. The Morgan fingerprint density at radius 3 is 2.20 bits per heavy atom. The van der Waals surface area contributed by atoms with Gasteiger partial charge >= 0.3 is 0 Å². The Kier molecular flexibility index (Phi) is 7.57. The van der Waals surface area contributed by atoms with Gasteiger partial charge in [-0.1, -0.05) is 51.7 Å². The fourth-order valence-corrected chi connectivity index (χ4v) is 6.50. The molecule has 0 spiro atoms. The topological polar surface area (TPSA) is 105 Å². The summed E-state index contributed by atoms with van der Waals surface area (Å²) in [5.41, 5.74) is 1.56. The van der Waals surface area contributed by atoms with Crippen molar-refractivity contribution in [3.63, 3.8) is 0 Å². The number of aromatic nitrogens is 2. The zero-order chi connectivity index (χ0) is 28.7. The average Bonchev–Trinajstić information content (AvgIpc) is 3.47. The van der Waals surface area contributed by atoms with Crippen molar-refractivity contribution in [1.82, 2.24) is 20.4 Å². The van der Waals surface area contributed by atoms with Crippen LogP contribution in [0.5, 0.6) is 0 Å². The fourth-order valence-electron chi connectivity index (χ4n) is 6.50. The van der Waals surface area contributed by atoms with Crippen molar-refractivity contribution in [2.45, 2.75) is 90.5 Å². The third-order valence-electron chi connectivity index (χ3n) is 10.2. The van der Waals surface area contributed by atoms with Gasteiger partial charge in [-0.3, -0.25) is 19.1 Å². The largest absolute Gasteiger partial charge is 0.355 e. The second-order valence-corrected chi connectivity index (χ2v) is 13.7. The van der Waals surface area contributed by atoms with Crippen LogP contribution >= 0.6 is 0 Å². The Hall–Kier alpha value is -3.16. The number of nitrogens with one attached hydrogen (secondary N) is 3. The normalized spacial score (nSPS) is 20.8. The maximum atomic E-state index is 13.9. The summed E-state index contributed by atoms with van der Waals surface area (Å²) in [6, 6.07) is 8.56. The zero-order valence-electron chi connectivity index (χ0n) is 24.7. The third-order valence-corrected chi connectivity index (χ3v) is 10.2. The van der Waals surface area contributed by atoms with Crippen LogP contribution in [-0.2, 0) is 22.1 Å². The maximum absolute atomic E-state index is 13.9. The van der Waals surface area contributed by atoms with Crippen LogP contribution < -0.4 is 16.0 Å². The van der Waals surface area contributed by atoms with Gasteiger partial charge in [-0.2, -0.15) is 5.10 Å². The lowest BCUT2D eigenvalue weighted by molar-refractivity contribution is -0.126. The number of amides is 3. The van der Waals surface area contributed by atoms with E-state index >= 15 is 0 Å². The molecule has 3 aliphatic carbocycles. The van der Waals surface area contributed by atoms with Crippen LogP contribution in [0.2, 0.25) is 0 Å². The van der Waals surface area contributed by atoms with Gasteiger partial charge < -0.3 is 16.0 Å². The number of benzene rings is 1. The number of anilines is 1. The van der Waals surface area contributed by atoms with Crippen molar-refractivity contribution in [3.05, 3.63) is 47.8 Å². The van der Waals surface area contributed by atoms with Crippen molar-refractivity contribution < 1.29 is 14.4 Å². The molecule has 3 N–H and O–H groups in total. The number of nitrogens with zero attached hydrogens (tertiary/aromatic N) is 2. The molecule has 216 valence electrons. The molecule has 8 heteroatoms. The van der Waals surface area contributed by atoms with E-state index in [1.807, 2.05) is 38.1 Å². The summed E-state index contributed by atoms with van der Waals surface area (Å²) < 4.78 is 1.53. The first-order valence-corrected chi connectivity index (χ1v) is 14.9. The van der Waals surface area contributed by atoms with Gasteiger partial charge in [0.2, 0.25) is 11.8 Å². The summed E-state index contributed by atoms with van der Waals surface area (Å²) in [6.07, 6.45) is 10.6. The van der Waals surface area contributed by atoms with E-state index in [-0.39, 0.29) is 34.5 Å². The molecule has 8 nitrogen and oxygen atoms in total. The second-order valence-electron chi connectivity index (χ2n) is 13.7. The van der Waals surface area contributed by atoms with E-state index in [2.05, 4.69) is 34.9 Å². The summed E-state index contributed by atoms with van der Waals surface area (Å²) in [5, 5.41) is 13.5. The minimum atomic E-state index is -0.696. The molecule has 1 aromatic carbocycles. The van der Waals surface area contributed by atoms with Gasteiger partial charge in [-0.25, -0.2) is 0 Å². The molecule has 2 aromatic rings. The first-order chi connectivity index (χ1) is 18.9. The molecule has 40 heavy (non-hydrogen) atoms. The van der Waals surface area contributed by atoms with E-state index < -0.39 is 11.5 Å². The van der Waals surface area contributed by atoms with Crippen LogP contribution in [0.4, 0.5) is 5.69 Å². The van der Waals surface area contributed by atoms with Crippen molar-refractivity contribution >= 4 is 23.4 Å². The number of rotatable bonds is 11. The van der Waals surface area contributed by atoms with Crippen LogP contribution in [0.15, 0.2) is 36.5 Å². The standard InChI is InChI=1S/C32H45N5O3/c1-30(2,29(40)33-20-31(3)15-7-16-31)22-10-12-23(13-11-22)35-28(39)26(36-27(38)24-14-19-34-37(24)5)25(21-8-6-9-21)32(4)17-18-32/h10-14,19,21,25-26H,6-9,15-18,20H2,1-5H3,(H,33,40)(H,35,39)(H,36,38)/t25?,26-/m0/s1. The van der Waals surface area contributed by atoms with Gasteiger partial charge in [0, 0.05) is 25.5 Å². The van der Waals surface area contributed by atoms with E-state index in [1.165, 1.54) is 17.5 Å². The van der Waals surface area contributed by atoms with E-state index in [0.29, 0.717) is 23.8 Å². The van der Waals surface area contributed by atoms with E-state index in [9.17, 15) is 14.4 Å². The highest BCUT2D eigenvalue weighted by atomic mass is 16.2. The summed E-state index contributed by atoms with van der Waals surface area (Å²) in [5.74, 6) is 0.0415. The Morgan fingerprint density at radius 1 is 1.02 bits per heavy atom. The quantitative estimate of drug-likeness (QED) is 0.370. The highest BCUT2D eigenvalue weighted by Gasteiger charge is 2.54. The van der Waals surface area contributed by atoms with E-state index in [4.69, 9.17) is 0 Å². The molecule has 0 bridgehead atoms. The fraction of sp³-hybridized carbons (Fsp3) is 0.625. The van der Waals surface area contributed by atoms with Gasteiger partial charge in [-0.05, 0) is 86.0 Å². The summed E-state index contributed by atoms with van der Waals surface area (Å²) in [7, 11) is 1.73. The molecule has 0 aliphatic heterocycles. The second kappa shape index (κ2) is 10.7. The highest BCUT2D eigenvalue weighted by molar-refractivity contribution is 6.01. The molecule has 0 saturated heterocycles. The Bertz CT molecular complexity index is 1250. The van der Waals surface area contributed by atoms with Gasteiger partial charge in [0.15, 0.2) is 0 Å². The lowest BCUT2D eigenvalue weighted by Crippen LogP contribution is -2.54. The molecule has 3 amide bonds. The minimum Gasteiger partial charge on any atom is -0.355 e. The molecule has 3 fully saturated rings. The molecule has 1 aromatic heterocycles. The van der Waals surface area contributed by atoms with Crippen molar-refractivity contribution in [2.24, 2.45) is 29.7 Å². The lowest BCUT2D eigenvalue weighted by Gasteiger charge is -2.42. The third kappa shape index (κ3) is 5.68. The average molecular weight is 548 g/mol. The number of hydrogen-bond acceptors (Lipinski definition) is 4. The Morgan fingerprint density at radius 2 is 1.70 bits per heavy atom. The lowest BCUT2D eigenvalue weighted by atomic mass is 9.66. The molecule has 3 aliphatic rings. The molecular weight excluding hydrogens is 502 g/mol. The van der Waals surface area contributed by atoms with Gasteiger partial charge in [0.25, 0.3) is 5.91 Å². The van der Waals surface area contributed by atoms with Gasteiger partial charge in [-0.15, -0.1) is 0 Å².